The fourth-order valence-electron chi connectivity index (χ4n) is 3.37. The predicted molar refractivity (Wildman–Crippen MR) is 116 cm³/mol. The molecule has 0 aliphatic rings. The summed E-state index contributed by atoms with van der Waals surface area (Å²) in [4.78, 5) is 0. The molecule has 4 aromatic rings. The van der Waals surface area contributed by atoms with Crippen LogP contribution in [0.1, 0.15) is 0 Å². The largest absolute Gasteiger partial charge is 0.398 e. The predicted octanol–water partition coefficient (Wildman–Crippen LogP) is 5.43. The molecule has 3 nitrogen and oxygen atoms in total. The molecule has 4 aromatic carbocycles. The molecule has 0 heterocycles. The Bertz CT molecular complexity index is 962. The summed E-state index contributed by atoms with van der Waals surface area (Å²) in [5.74, 6) is 0. The van der Waals surface area contributed by atoms with E-state index in [1.54, 1.807) is 0 Å². The number of nitrogen functional groups attached to an aromatic ring is 3. The molecule has 4 rings (SSSR count). The lowest BCUT2D eigenvalue weighted by Crippen LogP contribution is -1.94. The Morgan fingerprint density at radius 2 is 0.630 bits per heavy atom. The summed E-state index contributed by atoms with van der Waals surface area (Å²) in [6, 6.07) is 30.0. The molecule has 6 N–H and O–H groups in total. The van der Waals surface area contributed by atoms with Crippen LogP contribution in [0.3, 0.4) is 0 Å². The molecule has 0 unspecified atom stereocenters. The number of para-hydroxylation sites is 3. The summed E-state index contributed by atoms with van der Waals surface area (Å²) < 4.78 is 0. The lowest BCUT2D eigenvalue weighted by molar-refractivity contribution is 1.56. The van der Waals surface area contributed by atoms with Crippen LogP contribution in [0.2, 0.25) is 0 Å². The van der Waals surface area contributed by atoms with E-state index in [1.807, 2.05) is 72.8 Å². The molecule has 0 aliphatic carbocycles. The fraction of sp³-hybridized carbons (Fsp3) is 0. The average molecular weight is 351 g/mol. The smallest absolute Gasteiger partial charge is 0.0393 e. The van der Waals surface area contributed by atoms with Crippen LogP contribution < -0.4 is 17.2 Å². The van der Waals surface area contributed by atoms with Gasteiger partial charge in [0, 0.05) is 33.8 Å². The van der Waals surface area contributed by atoms with Crippen molar-refractivity contribution < 1.29 is 0 Å². The lowest BCUT2D eigenvalue weighted by atomic mass is 9.92. The van der Waals surface area contributed by atoms with Crippen molar-refractivity contribution in [3.05, 3.63) is 91.0 Å². The van der Waals surface area contributed by atoms with Crippen LogP contribution in [0.25, 0.3) is 33.4 Å². The van der Waals surface area contributed by atoms with Crippen LogP contribution in [0, 0.1) is 0 Å². The Morgan fingerprint density at radius 1 is 0.370 bits per heavy atom. The van der Waals surface area contributed by atoms with Gasteiger partial charge in [0.1, 0.15) is 0 Å². The molecule has 0 saturated heterocycles. The zero-order valence-electron chi connectivity index (χ0n) is 14.9. The van der Waals surface area contributed by atoms with Crippen molar-refractivity contribution in [1.29, 1.82) is 0 Å². The third-order valence-electron chi connectivity index (χ3n) is 4.75. The van der Waals surface area contributed by atoms with Gasteiger partial charge in [0.25, 0.3) is 0 Å². The number of rotatable bonds is 3. The molecule has 0 amide bonds. The lowest BCUT2D eigenvalue weighted by Gasteiger charge is -2.14. The quantitative estimate of drug-likeness (QED) is 0.430. The van der Waals surface area contributed by atoms with Crippen molar-refractivity contribution in [3.63, 3.8) is 0 Å². The maximum Gasteiger partial charge on any atom is 0.0393 e. The van der Waals surface area contributed by atoms with Gasteiger partial charge in [0.15, 0.2) is 0 Å². The second-order valence-electron chi connectivity index (χ2n) is 6.56. The highest BCUT2D eigenvalue weighted by Gasteiger charge is 2.11. The summed E-state index contributed by atoms with van der Waals surface area (Å²) in [6.07, 6.45) is 0. The third kappa shape index (κ3) is 3.23. The molecule has 0 fully saturated rings. The number of anilines is 3. The minimum atomic E-state index is 0.739. The van der Waals surface area contributed by atoms with E-state index < -0.39 is 0 Å². The minimum absolute atomic E-state index is 0.739. The molecule has 0 aromatic heterocycles. The summed E-state index contributed by atoms with van der Waals surface area (Å²) in [5.41, 5.74) is 27.0. The summed E-state index contributed by atoms with van der Waals surface area (Å²) in [5, 5.41) is 0. The fourth-order valence-corrected chi connectivity index (χ4v) is 3.37. The Hall–Kier alpha value is -3.72. The normalized spacial score (nSPS) is 10.7. The van der Waals surface area contributed by atoms with Crippen LogP contribution in [-0.4, -0.2) is 0 Å². The van der Waals surface area contributed by atoms with E-state index >= 15 is 0 Å². The maximum absolute atomic E-state index is 6.24. The Kier molecular flexibility index (Phi) is 4.27. The van der Waals surface area contributed by atoms with Gasteiger partial charge in [-0.15, -0.1) is 0 Å². The van der Waals surface area contributed by atoms with Crippen molar-refractivity contribution >= 4 is 17.1 Å². The van der Waals surface area contributed by atoms with Gasteiger partial charge in [-0.2, -0.15) is 0 Å². The van der Waals surface area contributed by atoms with Crippen molar-refractivity contribution in [2.24, 2.45) is 0 Å². The summed E-state index contributed by atoms with van der Waals surface area (Å²) in [6.45, 7) is 0. The van der Waals surface area contributed by atoms with Crippen LogP contribution in [0.5, 0.6) is 0 Å². The molecule has 0 radical (unpaired) electrons. The highest BCUT2D eigenvalue weighted by molar-refractivity contribution is 5.89. The molecule has 0 atom stereocenters. The van der Waals surface area contributed by atoms with E-state index in [1.165, 1.54) is 0 Å². The Labute approximate surface area is 159 Å². The molecule has 27 heavy (non-hydrogen) atoms. The van der Waals surface area contributed by atoms with Crippen molar-refractivity contribution in [2.45, 2.75) is 0 Å². The van der Waals surface area contributed by atoms with Gasteiger partial charge < -0.3 is 17.2 Å². The SMILES string of the molecule is Nc1ccccc1-c1cc(-c2ccccc2N)cc(-c2ccccc2N)c1. The molecule has 0 spiro atoms. The van der Waals surface area contributed by atoms with E-state index in [9.17, 15) is 0 Å². The zero-order valence-corrected chi connectivity index (χ0v) is 14.9. The molecule has 3 heteroatoms. The Morgan fingerprint density at radius 3 is 0.889 bits per heavy atom. The first kappa shape index (κ1) is 16.7. The zero-order chi connectivity index (χ0) is 18.8. The number of hydrogen-bond donors (Lipinski definition) is 3. The van der Waals surface area contributed by atoms with Crippen LogP contribution >= 0.6 is 0 Å². The van der Waals surface area contributed by atoms with Gasteiger partial charge in [-0.25, -0.2) is 0 Å². The van der Waals surface area contributed by atoms with E-state index in [0.717, 1.165) is 50.4 Å². The Balaban J connectivity index is 1.99. The second-order valence-corrected chi connectivity index (χ2v) is 6.56. The van der Waals surface area contributed by atoms with Gasteiger partial charge in [0.05, 0.1) is 0 Å². The van der Waals surface area contributed by atoms with Gasteiger partial charge in [-0.1, -0.05) is 54.6 Å². The highest BCUT2D eigenvalue weighted by atomic mass is 14.6. The van der Waals surface area contributed by atoms with Crippen LogP contribution in [0.4, 0.5) is 17.1 Å². The van der Waals surface area contributed by atoms with Crippen LogP contribution in [-0.2, 0) is 0 Å². The van der Waals surface area contributed by atoms with E-state index in [4.69, 9.17) is 17.2 Å². The topological polar surface area (TPSA) is 78.1 Å². The van der Waals surface area contributed by atoms with E-state index in [2.05, 4.69) is 18.2 Å². The summed E-state index contributed by atoms with van der Waals surface area (Å²) >= 11 is 0. The number of benzene rings is 4. The maximum atomic E-state index is 6.24. The van der Waals surface area contributed by atoms with Gasteiger partial charge >= 0.3 is 0 Å². The highest BCUT2D eigenvalue weighted by Crippen LogP contribution is 2.37. The van der Waals surface area contributed by atoms with Crippen molar-refractivity contribution in [3.8, 4) is 33.4 Å². The number of nitrogens with two attached hydrogens (primary N) is 3. The summed E-state index contributed by atoms with van der Waals surface area (Å²) in [7, 11) is 0. The molecule has 0 saturated carbocycles. The van der Waals surface area contributed by atoms with Gasteiger partial charge in [0.2, 0.25) is 0 Å². The number of hydrogen-bond acceptors (Lipinski definition) is 3. The first-order chi connectivity index (χ1) is 13.1. The first-order valence-corrected chi connectivity index (χ1v) is 8.83. The van der Waals surface area contributed by atoms with Crippen LogP contribution in [0.15, 0.2) is 91.0 Å². The average Bonchev–Trinajstić information content (AvgIpc) is 2.69. The monoisotopic (exact) mass is 351 g/mol. The van der Waals surface area contributed by atoms with Gasteiger partial charge in [-0.3, -0.25) is 0 Å². The molecular weight excluding hydrogens is 330 g/mol. The molecule has 0 aliphatic heterocycles. The standard InChI is InChI=1S/C24H21N3/c25-22-10-4-1-7-19(22)16-13-17(20-8-2-5-11-23(20)26)15-18(14-16)21-9-3-6-12-24(21)27/h1-15H,25-27H2. The third-order valence-corrected chi connectivity index (χ3v) is 4.75. The molecular formula is C24H21N3. The first-order valence-electron chi connectivity index (χ1n) is 8.83. The molecule has 0 bridgehead atoms. The molecule has 132 valence electrons. The second kappa shape index (κ2) is 6.89. The van der Waals surface area contributed by atoms with Crippen molar-refractivity contribution in [2.75, 3.05) is 17.2 Å². The van der Waals surface area contributed by atoms with Crippen molar-refractivity contribution in [1.82, 2.24) is 0 Å². The van der Waals surface area contributed by atoms with E-state index in [0.29, 0.717) is 0 Å². The van der Waals surface area contributed by atoms with E-state index in [-0.39, 0.29) is 0 Å². The van der Waals surface area contributed by atoms with Gasteiger partial charge in [-0.05, 0) is 53.1 Å². The minimum Gasteiger partial charge on any atom is -0.398 e.